The highest BCUT2D eigenvalue weighted by atomic mass is 32.2. The summed E-state index contributed by atoms with van der Waals surface area (Å²) in [5, 5.41) is 18.6. The number of hydrogen-bond acceptors (Lipinski definition) is 7. The molecule has 1 unspecified atom stereocenters. The number of nitrogens with zero attached hydrogens (tertiary/aromatic N) is 4. The molecule has 0 bridgehead atoms. The average Bonchev–Trinajstić information content (AvgIpc) is 2.85. The minimum absolute atomic E-state index is 0.187. The number of unbranched alkanes of at least 4 members (excludes halogenated alkanes) is 2. The Kier molecular flexibility index (Phi) is 7.75. The first kappa shape index (κ1) is 24.8. The number of rotatable bonds is 9. The lowest BCUT2D eigenvalue weighted by molar-refractivity contribution is -0.764. The number of thioether (sulfide) groups is 1. The zero-order valence-electron chi connectivity index (χ0n) is 20.5. The van der Waals surface area contributed by atoms with Gasteiger partial charge in [0, 0.05) is 17.8 Å². The zero-order chi connectivity index (χ0) is 24.9. The van der Waals surface area contributed by atoms with E-state index in [9.17, 15) is 9.90 Å². The summed E-state index contributed by atoms with van der Waals surface area (Å²) in [6, 6.07) is 12.9. The molecule has 1 atom stereocenters. The van der Waals surface area contributed by atoms with Crippen LogP contribution in [0, 0.1) is 0 Å². The van der Waals surface area contributed by atoms with Crippen molar-refractivity contribution < 1.29 is 24.1 Å². The molecule has 0 saturated carbocycles. The lowest BCUT2D eigenvalue weighted by Crippen LogP contribution is -2.58. The van der Waals surface area contributed by atoms with Crippen molar-refractivity contribution in [2.75, 3.05) is 24.4 Å². The lowest BCUT2D eigenvalue weighted by atomic mass is 10.0. The summed E-state index contributed by atoms with van der Waals surface area (Å²) in [7, 11) is 1.57. The number of carbonyl (C=O) groups is 1. The summed E-state index contributed by atoms with van der Waals surface area (Å²) in [5.74, 6) is 1.30. The number of carbonyl (C=O) groups excluding carboxylic acids is 1. The van der Waals surface area contributed by atoms with E-state index >= 15 is 0 Å². The summed E-state index contributed by atoms with van der Waals surface area (Å²) in [6.45, 7) is 6.01. The summed E-state index contributed by atoms with van der Waals surface area (Å²) in [4.78, 5) is 19.0. The van der Waals surface area contributed by atoms with Crippen molar-refractivity contribution in [2.24, 2.45) is 0 Å². The molecule has 2 aromatic carbocycles. The number of para-hydroxylation sites is 2. The van der Waals surface area contributed by atoms with Crippen molar-refractivity contribution in [2.45, 2.75) is 51.4 Å². The van der Waals surface area contributed by atoms with Crippen molar-refractivity contribution in [3.05, 3.63) is 48.0 Å². The SMILES string of the molecule is CCCCCSc1nc([O-])c2[n+](n1)C(c1cccc(OCC)c1OC)N(C(C)=O)c1ccccc1-2. The summed E-state index contributed by atoms with van der Waals surface area (Å²) >= 11 is 1.45. The third-order valence-corrected chi connectivity index (χ3v) is 6.75. The fourth-order valence-electron chi connectivity index (χ4n) is 4.36. The van der Waals surface area contributed by atoms with Gasteiger partial charge >= 0.3 is 0 Å². The highest BCUT2D eigenvalue weighted by molar-refractivity contribution is 7.99. The Morgan fingerprint density at radius 1 is 1.17 bits per heavy atom. The molecule has 0 radical (unpaired) electrons. The first-order chi connectivity index (χ1) is 17.0. The fraction of sp³-hybridized carbons (Fsp3) is 0.385. The number of ether oxygens (including phenoxy) is 2. The molecule has 0 N–H and O–H groups in total. The van der Waals surface area contributed by atoms with E-state index in [1.807, 2.05) is 49.4 Å². The van der Waals surface area contributed by atoms with Gasteiger partial charge in [0.1, 0.15) is 0 Å². The molecule has 1 aliphatic heterocycles. The van der Waals surface area contributed by atoms with E-state index < -0.39 is 6.17 Å². The summed E-state index contributed by atoms with van der Waals surface area (Å²) in [6.07, 6.45) is 2.47. The van der Waals surface area contributed by atoms with Crippen LogP contribution in [-0.2, 0) is 4.79 Å². The molecule has 0 spiro atoms. The zero-order valence-corrected chi connectivity index (χ0v) is 21.3. The third kappa shape index (κ3) is 4.77. The van der Waals surface area contributed by atoms with Crippen molar-refractivity contribution >= 4 is 23.4 Å². The van der Waals surface area contributed by atoms with Gasteiger partial charge in [0.15, 0.2) is 11.5 Å². The van der Waals surface area contributed by atoms with Crippen molar-refractivity contribution in [1.29, 1.82) is 0 Å². The molecule has 3 aromatic rings. The van der Waals surface area contributed by atoms with Gasteiger partial charge in [0.2, 0.25) is 5.91 Å². The second-order valence-electron chi connectivity index (χ2n) is 8.14. The molecule has 2 heterocycles. The van der Waals surface area contributed by atoms with Crippen molar-refractivity contribution in [3.63, 3.8) is 0 Å². The van der Waals surface area contributed by atoms with E-state index in [-0.39, 0.29) is 11.8 Å². The van der Waals surface area contributed by atoms with Gasteiger partial charge in [-0.1, -0.05) is 54.4 Å². The standard InChI is InChI=1S/C26H30N4O4S/c1-5-7-10-16-35-26-27-24(32)22-18-12-8-9-14-20(18)29(17(3)31)25(30(22)28-26)19-13-11-15-21(34-6-2)23(19)33-4/h8-9,11-15,25H,5-7,10,16H2,1-4H3. The van der Waals surface area contributed by atoms with Gasteiger partial charge in [-0.2, -0.15) is 0 Å². The van der Waals surface area contributed by atoms with E-state index in [4.69, 9.17) is 14.6 Å². The van der Waals surface area contributed by atoms with E-state index in [1.165, 1.54) is 18.7 Å². The number of anilines is 1. The van der Waals surface area contributed by atoms with Crippen LogP contribution in [0.15, 0.2) is 47.6 Å². The fourth-order valence-corrected chi connectivity index (χ4v) is 5.18. The topological polar surface area (TPSA) is 91.5 Å². The number of benzene rings is 2. The predicted molar refractivity (Wildman–Crippen MR) is 133 cm³/mol. The average molecular weight is 495 g/mol. The van der Waals surface area contributed by atoms with Gasteiger partial charge in [-0.05, 0) is 37.6 Å². The van der Waals surface area contributed by atoms with Crippen LogP contribution in [0.2, 0.25) is 0 Å². The first-order valence-electron chi connectivity index (χ1n) is 11.8. The molecule has 35 heavy (non-hydrogen) atoms. The third-order valence-electron chi connectivity index (χ3n) is 5.83. The summed E-state index contributed by atoms with van der Waals surface area (Å²) in [5.41, 5.74) is 2.24. The van der Waals surface area contributed by atoms with Crippen LogP contribution >= 0.6 is 11.8 Å². The van der Waals surface area contributed by atoms with Crippen LogP contribution in [0.25, 0.3) is 11.3 Å². The van der Waals surface area contributed by atoms with Crippen molar-refractivity contribution in [1.82, 2.24) is 10.1 Å². The Balaban J connectivity index is 1.95. The van der Waals surface area contributed by atoms with Crippen LogP contribution in [-0.4, -0.2) is 35.5 Å². The quantitative estimate of drug-likeness (QED) is 0.251. The predicted octanol–water partition coefficient (Wildman–Crippen LogP) is 4.11. The molecule has 8 nitrogen and oxygen atoms in total. The van der Waals surface area contributed by atoms with Gasteiger partial charge in [0.25, 0.3) is 17.0 Å². The first-order valence-corrected chi connectivity index (χ1v) is 12.8. The highest BCUT2D eigenvalue weighted by Crippen LogP contribution is 2.44. The normalized spacial score (nSPS) is 14.3. The van der Waals surface area contributed by atoms with Gasteiger partial charge < -0.3 is 14.6 Å². The van der Waals surface area contributed by atoms with Gasteiger partial charge in [0.05, 0.1) is 36.4 Å². The van der Waals surface area contributed by atoms with Gasteiger partial charge in [-0.15, -0.1) is 0 Å². The smallest absolute Gasteiger partial charge is 0.296 e. The molecule has 1 aliphatic rings. The van der Waals surface area contributed by atoms with Crippen LogP contribution < -0.4 is 24.2 Å². The molecular weight excluding hydrogens is 464 g/mol. The maximum absolute atomic E-state index is 13.4. The van der Waals surface area contributed by atoms with Gasteiger partial charge in [-0.3, -0.25) is 4.79 Å². The van der Waals surface area contributed by atoms with Crippen molar-refractivity contribution in [3.8, 4) is 28.6 Å². The van der Waals surface area contributed by atoms with E-state index in [0.717, 1.165) is 25.0 Å². The van der Waals surface area contributed by atoms with Crippen LogP contribution in [0.4, 0.5) is 5.69 Å². The second-order valence-corrected chi connectivity index (χ2v) is 9.20. The molecular formula is C26H30N4O4S. The van der Waals surface area contributed by atoms with E-state index in [1.54, 1.807) is 16.7 Å². The molecule has 4 rings (SSSR count). The second kappa shape index (κ2) is 10.9. The number of fused-ring (bicyclic) bond motifs is 3. The minimum Gasteiger partial charge on any atom is -0.854 e. The Morgan fingerprint density at radius 3 is 2.69 bits per heavy atom. The molecule has 184 valence electrons. The van der Waals surface area contributed by atoms with Gasteiger partial charge in [-0.25, -0.2) is 9.88 Å². The van der Waals surface area contributed by atoms with E-state index in [2.05, 4.69) is 11.9 Å². The monoisotopic (exact) mass is 494 g/mol. The Bertz CT molecular complexity index is 1220. The number of amides is 1. The maximum Gasteiger partial charge on any atom is 0.296 e. The maximum atomic E-state index is 13.4. The molecule has 9 heteroatoms. The summed E-state index contributed by atoms with van der Waals surface area (Å²) < 4.78 is 13.2. The molecule has 0 aliphatic carbocycles. The number of aromatic nitrogens is 3. The molecule has 1 amide bonds. The largest absolute Gasteiger partial charge is 0.854 e. The Labute approximate surface area is 209 Å². The highest BCUT2D eigenvalue weighted by Gasteiger charge is 2.45. The van der Waals surface area contributed by atoms with Crippen LogP contribution in [0.3, 0.4) is 0 Å². The number of methoxy groups -OCH3 is 1. The van der Waals surface area contributed by atoms with Crippen LogP contribution in [0.1, 0.15) is 51.8 Å². The molecule has 1 aromatic heterocycles. The van der Waals surface area contributed by atoms with Crippen LogP contribution in [0.5, 0.6) is 17.4 Å². The Morgan fingerprint density at radius 2 is 1.97 bits per heavy atom. The van der Waals surface area contributed by atoms with E-state index in [0.29, 0.717) is 45.8 Å². The number of hydrogen-bond donors (Lipinski definition) is 0. The molecule has 0 saturated heterocycles. The minimum atomic E-state index is -0.751. The lowest BCUT2D eigenvalue weighted by Gasteiger charge is -2.33. The Hall–Kier alpha value is -3.33. The molecule has 0 fully saturated rings.